The van der Waals surface area contributed by atoms with Crippen LogP contribution in [0.25, 0.3) is 10.2 Å². The summed E-state index contributed by atoms with van der Waals surface area (Å²) in [6, 6.07) is 0.208. The molecule has 1 saturated carbocycles. The predicted octanol–water partition coefficient (Wildman–Crippen LogP) is 3.59. The van der Waals surface area contributed by atoms with Crippen LogP contribution >= 0.6 is 23.1 Å². The van der Waals surface area contributed by atoms with Gasteiger partial charge in [-0.3, -0.25) is 9.36 Å². The van der Waals surface area contributed by atoms with Gasteiger partial charge in [-0.15, -0.1) is 11.3 Å². The Morgan fingerprint density at radius 3 is 2.65 bits per heavy atom. The largest absolute Gasteiger partial charge is 0.284 e. The van der Waals surface area contributed by atoms with Gasteiger partial charge in [0.15, 0.2) is 5.16 Å². The molecule has 0 aliphatic heterocycles. The van der Waals surface area contributed by atoms with Crippen LogP contribution in [-0.4, -0.2) is 35.7 Å². The number of hydrogen-bond donors (Lipinski definition) is 0. The third kappa shape index (κ3) is 3.60. The van der Waals surface area contributed by atoms with E-state index in [2.05, 4.69) is 0 Å². The van der Waals surface area contributed by atoms with Crippen LogP contribution in [-0.2, 0) is 22.7 Å². The minimum atomic E-state index is -3.01. The van der Waals surface area contributed by atoms with Crippen LogP contribution in [0.2, 0.25) is 0 Å². The summed E-state index contributed by atoms with van der Waals surface area (Å²) in [5.74, 6) is 0.547. The number of thioether (sulfide) groups is 1. The topological polar surface area (TPSA) is 69.0 Å². The van der Waals surface area contributed by atoms with Gasteiger partial charge in [0, 0.05) is 22.9 Å². The van der Waals surface area contributed by atoms with Crippen molar-refractivity contribution in [2.45, 2.75) is 62.6 Å². The average Bonchev–Trinajstić information content (AvgIpc) is 3.20. The van der Waals surface area contributed by atoms with Crippen molar-refractivity contribution in [3.8, 4) is 0 Å². The third-order valence-corrected chi connectivity index (χ3v) is 8.71. The summed E-state index contributed by atoms with van der Waals surface area (Å²) in [5.41, 5.74) is 1.33. The lowest BCUT2D eigenvalue weighted by molar-refractivity contribution is 0.458. The molecule has 2 aliphatic rings. The minimum absolute atomic E-state index is 0.100. The minimum Gasteiger partial charge on any atom is -0.284 e. The number of nitrogens with zero attached hydrogens (tertiary/aromatic N) is 2. The summed E-state index contributed by atoms with van der Waals surface area (Å²) < 4.78 is 24.8. The molecular formula is C18H24N2O3S3. The first-order valence-corrected chi connectivity index (χ1v) is 13.2. The standard InChI is InChI=1S/C18H24N2O3S3/c1-26(22,23)11-10-24-18-19-16-15(13-8-4-5-9-14(13)25-16)17(21)20(18)12-6-2-3-7-12/h12H,2-11H2,1H3. The van der Waals surface area contributed by atoms with Crippen LogP contribution in [0.15, 0.2) is 9.95 Å². The molecule has 0 bridgehead atoms. The van der Waals surface area contributed by atoms with Gasteiger partial charge < -0.3 is 0 Å². The Hall–Kier alpha value is -0.860. The van der Waals surface area contributed by atoms with E-state index in [1.165, 1.54) is 34.9 Å². The molecule has 0 unspecified atom stereocenters. The van der Waals surface area contributed by atoms with E-state index in [1.54, 1.807) is 11.3 Å². The molecule has 142 valence electrons. The monoisotopic (exact) mass is 412 g/mol. The second-order valence-corrected chi connectivity index (χ2v) is 11.8. The van der Waals surface area contributed by atoms with Crippen LogP contribution in [0, 0.1) is 0 Å². The summed E-state index contributed by atoms with van der Waals surface area (Å²) in [6.07, 6.45) is 9.93. The predicted molar refractivity (Wildman–Crippen MR) is 108 cm³/mol. The van der Waals surface area contributed by atoms with Crippen LogP contribution in [0.5, 0.6) is 0 Å². The van der Waals surface area contributed by atoms with E-state index >= 15 is 0 Å². The van der Waals surface area contributed by atoms with Gasteiger partial charge in [-0.05, 0) is 44.1 Å². The summed E-state index contributed by atoms with van der Waals surface area (Å²) in [7, 11) is -3.01. The zero-order chi connectivity index (χ0) is 18.3. The number of aromatic nitrogens is 2. The number of hydrogen-bond acceptors (Lipinski definition) is 6. The molecule has 4 rings (SSSR count). The number of rotatable bonds is 5. The quantitative estimate of drug-likeness (QED) is 0.554. The van der Waals surface area contributed by atoms with Crippen molar-refractivity contribution < 1.29 is 8.42 Å². The Morgan fingerprint density at radius 2 is 1.92 bits per heavy atom. The van der Waals surface area contributed by atoms with E-state index in [0.29, 0.717) is 10.9 Å². The van der Waals surface area contributed by atoms with Gasteiger partial charge in [0.25, 0.3) is 5.56 Å². The average molecular weight is 413 g/mol. The molecule has 0 radical (unpaired) electrons. The maximum Gasteiger partial charge on any atom is 0.263 e. The second kappa shape index (κ2) is 7.28. The molecule has 26 heavy (non-hydrogen) atoms. The first kappa shape index (κ1) is 18.5. The lowest BCUT2D eigenvalue weighted by Crippen LogP contribution is -2.27. The van der Waals surface area contributed by atoms with Crippen LogP contribution < -0.4 is 5.56 Å². The molecule has 0 atom stereocenters. The van der Waals surface area contributed by atoms with E-state index in [4.69, 9.17) is 4.98 Å². The van der Waals surface area contributed by atoms with E-state index in [-0.39, 0.29) is 17.4 Å². The number of thiophene rings is 1. The molecule has 2 aromatic rings. The van der Waals surface area contributed by atoms with E-state index in [0.717, 1.165) is 55.2 Å². The normalized spacial score (nSPS) is 18.5. The highest BCUT2D eigenvalue weighted by Crippen LogP contribution is 2.37. The van der Waals surface area contributed by atoms with Crippen molar-refractivity contribution in [1.29, 1.82) is 0 Å². The summed E-state index contributed by atoms with van der Waals surface area (Å²) in [5, 5.41) is 1.54. The fraction of sp³-hybridized carbons (Fsp3) is 0.667. The van der Waals surface area contributed by atoms with Gasteiger partial charge in [-0.25, -0.2) is 13.4 Å². The maximum atomic E-state index is 13.4. The fourth-order valence-corrected chi connectivity index (χ4v) is 7.63. The molecule has 2 aliphatic carbocycles. The third-order valence-electron chi connectivity index (χ3n) is 5.36. The lowest BCUT2D eigenvalue weighted by atomic mass is 9.97. The second-order valence-electron chi connectivity index (χ2n) is 7.38. The number of sulfone groups is 1. The Balaban J connectivity index is 1.80. The van der Waals surface area contributed by atoms with Crippen LogP contribution in [0.3, 0.4) is 0 Å². The van der Waals surface area contributed by atoms with Crippen molar-refractivity contribution in [1.82, 2.24) is 9.55 Å². The fourth-order valence-electron chi connectivity index (χ4n) is 4.07. The van der Waals surface area contributed by atoms with E-state index in [9.17, 15) is 13.2 Å². The summed E-state index contributed by atoms with van der Waals surface area (Å²) in [4.78, 5) is 20.5. The Bertz CT molecular complexity index is 985. The SMILES string of the molecule is CS(=O)(=O)CCSc1nc2sc3c(c2c(=O)n1C1CCCC1)CCCC3. The molecule has 1 fully saturated rings. The summed E-state index contributed by atoms with van der Waals surface area (Å²) >= 11 is 3.08. The van der Waals surface area contributed by atoms with Gasteiger partial charge in [0.2, 0.25) is 0 Å². The maximum absolute atomic E-state index is 13.4. The Kier molecular flexibility index (Phi) is 5.18. The highest BCUT2D eigenvalue weighted by atomic mass is 32.2. The van der Waals surface area contributed by atoms with E-state index in [1.807, 2.05) is 4.57 Å². The van der Waals surface area contributed by atoms with Gasteiger partial charge in [0.05, 0.1) is 11.1 Å². The molecule has 2 heterocycles. The zero-order valence-electron chi connectivity index (χ0n) is 15.0. The number of aryl methyl sites for hydroxylation is 2. The molecule has 0 N–H and O–H groups in total. The Morgan fingerprint density at radius 1 is 1.19 bits per heavy atom. The van der Waals surface area contributed by atoms with E-state index < -0.39 is 9.84 Å². The summed E-state index contributed by atoms with van der Waals surface area (Å²) in [6.45, 7) is 0. The van der Waals surface area contributed by atoms with Crippen molar-refractivity contribution >= 4 is 43.2 Å². The smallest absolute Gasteiger partial charge is 0.263 e. The van der Waals surface area contributed by atoms with Gasteiger partial charge in [-0.2, -0.15) is 0 Å². The highest BCUT2D eigenvalue weighted by Gasteiger charge is 2.27. The van der Waals surface area contributed by atoms with Crippen molar-refractivity contribution in [3.63, 3.8) is 0 Å². The molecule has 5 nitrogen and oxygen atoms in total. The molecule has 0 amide bonds. The number of fused-ring (bicyclic) bond motifs is 3. The molecule has 0 aromatic carbocycles. The van der Waals surface area contributed by atoms with Crippen molar-refractivity contribution in [3.05, 3.63) is 20.8 Å². The van der Waals surface area contributed by atoms with Crippen LogP contribution in [0.4, 0.5) is 0 Å². The van der Waals surface area contributed by atoms with Gasteiger partial charge in [-0.1, -0.05) is 24.6 Å². The van der Waals surface area contributed by atoms with Crippen LogP contribution in [0.1, 0.15) is 55.0 Å². The lowest BCUT2D eigenvalue weighted by Gasteiger charge is -2.18. The Labute approximate surface area is 162 Å². The molecule has 0 saturated heterocycles. The zero-order valence-corrected chi connectivity index (χ0v) is 17.4. The molecule has 8 heteroatoms. The first-order valence-electron chi connectivity index (χ1n) is 9.31. The molecular weight excluding hydrogens is 388 g/mol. The van der Waals surface area contributed by atoms with Gasteiger partial charge in [0.1, 0.15) is 14.7 Å². The molecule has 0 spiro atoms. The van der Waals surface area contributed by atoms with Gasteiger partial charge >= 0.3 is 0 Å². The molecule has 2 aromatic heterocycles. The first-order chi connectivity index (χ1) is 12.4. The van der Waals surface area contributed by atoms with Crippen molar-refractivity contribution in [2.75, 3.05) is 17.8 Å². The van der Waals surface area contributed by atoms with Crippen molar-refractivity contribution in [2.24, 2.45) is 0 Å². The highest BCUT2D eigenvalue weighted by molar-refractivity contribution is 8.00.